The van der Waals surface area contributed by atoms with Crippen LogP contribution in [0.3, 0.4) is 0 Å². The zero-order chi connectivity index (χ0) is 13.1. The molecular formula is C11H11ClN2O4. The lowest BCUT2D eigenvalue weighted by atomic mass is 10.1. The van der Waals surface area contributed by atoms with Crippen LogP contribution >= 0.6 is 11.6 Å². The Bertz CT molecular complexity index is 486. The van der Waals surface area contributed by atoms with Gasteiger partial charge in [-0.25, -0.2) is 0 Å². The van der Waals surface area contributed by atoms with Gasteiger partial charge in [-0.1, -0.05) is 11.6 Å². The first-order valence-electron chi connectivity index (χ1n) is 5.40. The van der Waals surface area contributed by atoms with Crippen molar-refractivity contribution >= 4 is 23.2 Å². The van der Waals surface area contributed by atoms with E-state index in [9.17, 15) is 14.9 Å². The third-order valence-corrected chi connectivity index (χ3v) is 2.90. The lowest BCUT2D eigenvalue weighted by molar-refractivity contribution is -0.385. The number of hydrogen-bond acceptors (Lipinski definition) is 4. The number of nitro benzene ring substituents is 1. The molecule has 6 nitrogen and oxygen atoms in total. The number of halogens is 1. The fourth-order valence-corrected chi connectivity index (χ4v) is 1.93. The summed E-state index contributed by atoms with van der Waals surface area (Å²) in [6, 6.07) is 3.80. The minimum absolute atomic E-state index is 0.0283. The first-order valence-corrected chi connectivity index (χ1v) is 5.78. The SMILES string of the molecule is O=C(NC1CCOC1)c1cc(Cl)ccc1[N+](=O)[O-]. The summed E-state index contributed by atoms with van der Waals surface area (Å²) in [6.07, 6.45) is 0.708. The number of amides is 1. The Kier molecular flexibility index (Phi) is 3.78. The predicted molar refractivity (Wildman–Crippen MR) is 64.8 cm³/mol. The number of benzene rings is 1. The van der Waals surface area contributed by atoms with Crippen molar-refractivity contribution in [2.45, 2.75) is 12.5 Å². The Balaban J connectivity index is 2.22. The molecule has 0 aliphatic carbocycles. The molecule has 1 heterocycles. The number of carbonyl (C=O) groups is 1. The average molecular weight is 271 g/mol. The summed E-state index contributed by atoms with van der Waals surface area (Å²) in [6.45, 7) is 1.02. The lowest BCUT2D eigenvalue weighted by Gasteiger charge is -2.10. The Morgan fingerprint density at radius 1 is 1.56 bits per heavy atom. The number of ether oxygens (including phenoxy) is 1. The third kappa shape index (κ3) is 2.77. The summed E-state index contributed by atoms with van der Waals surface area (Å²) in [7, 11) is 0. The largest absolute Gasteiger partial charge is 0.379 e. The maximum atomic E-state index is 11.9. The second-order valence-corrected chi connectivity index (χ2v) is 4.39. The number of carbonyl (C=O) groups excluding carboxylic acids is 1. The standard InChI is InChI=1S/C11H11ClN2O4/c12-7-1-2-10(14(16)17)9(5-7)11(15)13-8-3-4-18-6-8/h1-2,5,8H,3-4,6H2,(H,13,15). The zero-order valence-corrected chi connectivity index (χ0v) is 10.1. The molecule has 1 amide bonds. The van der Waals surface area contributed by atoms with Gasteiger partial charge in [0.05, 0.1) is 17.6 Å². The van der Waals surface area contributed by atoms with Crippen molar-refractivity contribution in [3.63, 3.8) is 0 Å². The van der Waals surface area contributed by atoms with Gasteiger partial charge in [0.1, 0.15) is 5.56 Å². The van der Waals surface area contributed by atoms with Gasteiger partial charge in [-0.3, -0.25) is 14.9 Å². The molecular weight excluding hydrogens is 260 g/mol. The van der Waals surface area contributed by atoms with Crippen molar-refractivity contribution in [1.82, 2.24) is 5.32 Å². The minimum Gasteiger partial charge on any atom is -0.379 e. The van der Waals surface area contributed by atoms with Crippen LogP contribution < -0.4 is 5.32 Å². The second kappa shape index (κ2) is 5.32. The summed E-state index contributed by atoms with van der Waals surface area (Å²) >= 11 is 5.75. The summed E-state index contributed by atoms with van der Waals surface area (Å²) in [4.78, 5) is 22.2. The average Bonchev–Trinajstić information content (AvgIpc) is 2.81. The number of nitrogens with zero attached hydrogens (tertiary/aromatic N) is 1. The Morgan fingerprint density at radius 2 is 2.33 bits per heavy atom. The molecule has 1 unspecified atom stereocenters. The van der Waals surface area contributed by atoms with Gasteiger partial charge < -0.3 is 10.1 Å². The van der Waals surface area contributed by atoms with Crippen molar-refractivity contribution < 1.29 is 14.5 Å². The van der Waals surface area contributed by atoms with Gasteiger partial charge in [0, 0.05) is 17.7 Å². The maximum absolute atomic E-state index is 11.9. The Hall–Kier alpha value is -1.66. The maximum Gasteiger partial charge on any atom is 0.282 e. The molecule has 0 saturated carbocycles. The van der Waals surface area contributed by atoms with Crippen molar-refractivity contribution in [2.75, 3.05) is 13.2 Å². The minimum atomic E-state index is -0.601. The highest BCUT2D eigenvalue weighted by Crippen LogP contribution is 2.23. The van der Waals surface area contributed by atoms with E-state index in [1.165, 1.54) is 18.2 Å². The molecule has 1 aliphatic heterocycles. The molecule has 2 rings (SSSR count). The Morgan fingerprint density at radius 3 is 2.94 bits per heavy atom. The highest BCUT2D eigenvalue weighted by Gasteiger charge is 2.24. The van der Waals surface area contributed by atoms with Gasteiger partial charge >= 0.3 is 0 Å². The zero-order valence-electron chi connectivity index (χ0n) is 9.39. The molecule has 1 atom stereocenters. The lowest BCUT2D eigenvalue weighted by Crippen LogP contribution is -2.35. The van der Waals surface area contributed by atoms with Crippen LogP contribution in [-0.4, -0.2) is 30.1 Å². The fraction of sp³-hybridized carbons (Fsp3) is 0.364. The van der Waals surface area contributed by atoms with Gasteiger partial charge in [-0.2, -0.15) is 0 Å². The van der Waals surface area contributed by atoms with Gasteiger partial charge in [0.25, 0.3) is 11.6 Å². The number of nitro groups is 1. The second-order valence-electron chi connectivity index (χ2n) is 3.95. The molecule has 0 bridgehead atoms. The van der Waals surface area contributed by atoms with E-state index in [0.29, 0.717) is 19.6 Å². The highest BCUT2D eigenvalue weighted by atomic mass is 35.5. The van der Waals surface area contributed by atoms with Crippen molar-refractivity contribution in [2.24, 2.45) is 0 Å². The van der Waals surface area contributed by atoms with E-state index >= 15 is 0 Å². The van der Waals surface area contributed by atoms with Crippen LogP contribution in [0, 0.1) is 10.1 Å². The van der Waals surface area contributed by atoms with E-state index in [2.05, 4.69) is 5.32 Å². The number of rotatable bonds is 3. The predicted octanol–water partition coefficient (Wildman–Crippen LogP) is 1.77. The van der Waals surface area contributed by atoms with Gasteiger partial charge in [-0.15, -0.1) is 0 Å². The summed E-state index contributed by atoms with van der Waals surface area (Å²) in [5, 5.41) is 13.8. The molecule has 0 radical (unpaired) electrons. The molecule has 1 aliphatic rings. The quantitative estimate of drug-likeness (QED) is 0.670. The highest BCUT2D eigenvalue weighted by molar-refractivity contribution is 6.31. The normalized spacial score (nSPS) is 18.6. The van der Waals surface area contributed by atoms with Crippen LogP contribution in [0.5, 0.6) is 0 Å². The molecule has 1 fully saturated rings. The monoisotopic (exact) mass is 270 g/mol. The third-order valence-electron chi connectivity index (χ3n) is 2.66. The number of nitrogens with one attached hydrogen (secondary N) is 1. The van der Waals surface area contributed by atoms with E-state index < -0.39 is 10.8 Å². The Labute approximate surface area is 108 Å². The number of hydrogen-bond donors (Lipinski definition) is 1. The van der Waals surface area contributed by atoms with E-state index in [1.807, 2.05) is 0 Å². The van der Waals surface area contributed by atoms with Crippen molar-refractivity contribution in [3.05, 3.63) is 38.9 Å². The van der Waals surface area contributed by atoms with E-state index in [-0.39, 0.29) is 22.3 Å². The summed E-state index contributed by atoms with van der Waals surface area (Å²) in [5.41, 5.74) is -0.282. The van der Waals surface area contributed by atoms with Crippen LogP contribution in [0.1, 0.15) is 16.8 Å². The first-order chi connectivity index (χ1) is 8.58. The van der Waals surface area contributed by atoms with Crippen molar-refractivity contribution in [3.8, 4) is 0 Å². The van der Waals surface area contributed by atoms with Crippen LogP contribution in [-0.2, 0) is 4.74 Å². The van der Waals surface area contributed by atoms with E-state index in [4.69, 9.17) is 16.3 Å². The molecule has 0 aromatic heterocycles. The van der Waals surface area contributed by atoms with Crippen LogP contribution in [0.25, 0.3) is 0 Å². The molecule has 1 aromatic rings. The summed E-state index contributed by atoms with van der Waals surface area (Å²) < 4.78 is 5.12. The molecule has 1 aromatic carbocycles. The molecule has 1 saturated heterocycles. The van der Waals surface area contributed by atoms with Crippen LogP contribution in [0.4, 0.5) is 5.69 Å². The van der Waals surface area contributed by atoms with Crippen LogP contribution in [0.2, 0.25) is 5.02 Å². The smallest absolute Gasteiger partial charge is 0.282 e. The summed E-state index contributed by atoms with van der Waals surface area (Å²) in [5.74, 6) is -0.500. The molecule has 1 N–H and O–H groups in total. The fourth-order valence-electron chi connectivity index (χ4n) is 1.76. The van der Waals surface area contributed by atoms with Crippen LogP contribution in [0.15, 0.2) is 18.2 Å². The van der Waals surface area contributed by atoms with Gasteiger partial charge in [0.15, 0.2) is 0 Å². The first kappa shape index (κ1) is 12.8. The van der Waals surface area contributed by atoms with Gasteiger partial charge in [0.2, 0.25) is 0 Å². The van der Waals surface area contributed by atoms with Crippen molar-refractivity contribution in [1.29, 1.82) is 0 Å². The topological polar surface area (TPSA) is 81.5 Å². The molecule has 0 spiro atoms. The molecule has 18 heavy (non-hydrogen) atoms. The molecule has 96 valence electrons. The van der Waals surface area contributed by atoms with E-state index in [1.54, 1.807) is 0 Å². The van der Waals surface area contributed by atoms with Gasteiger partial charge in [-0.05, 0) is 18.6 Å². The molecule has 7 heteroatoms. The van der Waals surface area contributed by atoms with E-state index in [0.717, 1.165) is 0 Å².